The van der Waals surface area contributed by atoms with Gasteiger partial charge in [0.05, 0.1) is 5.60 Å². The minimum atomic E-state index is -0.248. The van der Waals surface area contributed by atoms with Crippen LogP contribution in [0.1, 0.15) is 40.0 Å². The summed E-state index contributed by atoms with van der Waals surface area (Å²) < 4.78 is 10.3. The van der Waals surface area contributed by atoms with E-state index in [0.29, 0.717) is 6.42 Å². The maximum Gasteiger partial charge on any atom is 0.161 e. The van der Waals surface area contributed by atoms with Crippen LogP contribution in [0.5, 0.6) is 0 Å². The second-order valence-electron chi connectivity index (χ2n) is 4.06. The van der Waals surface area contributed by atoms with Crippen LogP contribution in [0.25, 0.3) is 0 Å². The van der Waals surface area contributed by atoms with Crippen molar-refractivity contribution in [2.45, 2.75) is 51.7 Å². The summed E-state index contributed by atoms with van der Waals surface area (Å²) in [6.07, 6.45) is 1.75. The first-order valence-corrected chi connectivity index (χ1v) is 5.07. The molecule has 0 fully saturated rings. The predicted octanol–water partition coefficient (Wildman–Crippen LogP) is 2.19. The second-order valence-corrected chi connectivity index (χ2v) is 4.06. The number of carbonyl (C=O) groups is 1. The number of Topliss-reactive ketones (excluding diaryl/α,β-unsaturated/α-hetero) is 1. The van der Waals surface area contributed by atoms with Crippen LogP contribution >= 0.6 is 0 Å². The molecule has 0 bridgehead atoms. The molecule has 0 amide bonds. The summed E-state index contributed by atoms with van der Waals surface area (Å²) in [5, 5.41) is 0. The van der Waals surface area contributed by atoms with Gasteiger partial charge in [-0.3, -0.25) is 4.79 Å². The Labute approximate surface area is 86.8 Å². The average molecular weight is 202 g/mol. The maximum absolute atomic E-state index is 11.6. The van der Waals surface area contributed by atoms with Gasteiger partial charge in [0.2, 0.25) is 0 Å². The number of methoxy groups -OCH3 is 2. The van der Waals surface area contributed by atoms with Gasteiger partial charge in [-0.05, 0) is 26.7 Å². The Morgan fingerprint density at radius 2 is 1.93 bits per heavy atom. The lowest BCUT2D eigenvalue weighted by Gasteiger charge is -2.23. The van der Waals surface area contributed by atoms with Crippen molar-refractivity contribution < 1.29 is 14.3 Å². The Kier molecular flexibility index (Phi) is 5.96. The minimum absolute atomic E-state index is 0.167. The maximum atomic E-state index is 11.6. The molecule has 84 valence electrons. The lowest BCUT2D eigenvalue weighted by Crippen LogP contribution is -2.27. The zero-order chi connectivity index (χ0) is 11.2. The zero-order valence-corrected chi connectivity index (χ0v) is 9.92. The molecule has 0 rings (SSSR count). The van der Waals surface area contributed by atoms with Crippen LogP contribution in [0, 0.1) is 0 Å². The van der Waals surface area contributed by atoms with Gasteiger partial charge in [-0.1, -0.05) is 6.92 Å². The minimum Gasteiger partial charge on any atom is -0.379 e. The largest absolute Gasteiger partial charge is 0.379 e. The fourth-order valence-corrected chi connectivity index (χ4v) is 1.21. The summed E-state index contributed by atoms with van der Waals surface area (Å²) in [5.41, 5.74) is -0.221. The van der Waals surface area contributed by atoms with E-state index < -0.39 is 0 Å². The zero-order valence-electron chi connectivity index (χ0n) is 9.92. The number of rotatable bonds is 7. The van der Waals surface area contributed by atoms with Crippen molar-refractivity contribution in [2.24, 2.45) is 0 Å². The van der Waals surface area contributed by atoms with E-state index in [4.69, 9.17) is 9.47 Å². The second kappa shape index (κ2) is 6.14. The first-order chi connectivity index (χ1) is 6.46. The Morgan fingerprint density at radius 1 is 1.36 bits per heavy atom. The summed E-state index contributed by atoms with van der Waals surface area (Å²) in [4.78, 5) is 11.6. The van der Waals surface area contributed by atoms with Crippen LogP contribution in [-0.4, -0.2) is 31.7 Å². The van der Waals surface area contributed by atoms with Gasteiger partial charge in [-0.15, -0.1) is 0 Å². The van der Waals surface area contributed by atoms with E-state index in [-0.39, 0.29) is 17.5 Å². The average Bonchev–Trinajstić information content (AvgIpc) is 2.17. The van der Waals surface area contributed by atoms with Crippen LogP contribution in [-0.2, 0) is 14.3 Å². The fourth-order valence-electron chi connectivity index (χ4n) is 1.21. The van der Waals surface area contributed by atoms with Crippen molar-refractivity contribution in [2.75, 3.05) is 14.2 Å². The first-order valence-electron chi connectivity index (χ1n) is 5.07. The topological polar surface area (TPSA) is 35.5 Å². The normalized spacial score (nSPS) is 14.1. The van der Waals surface area contributed by atoms with E-state index in [1.807, 2.05) is 20.8 Å². The Hall–Kier alpha value is -0.410. The Morgan fingerprint density at radius 3 is 2.29 bits per heavy atom. The van der Waals surface area contributed by atoms with Crippen LogP contribution in [0.3, 0.4) is 0 Å². The molecular weight excluding hydrogens is 180 g/mol. The molecule has 0 aromatic carbocycles. The number of hydrogen-bond acceptors (Lipinski definition) is 3. The van der Waals surface area contributed by atoms with Gasteiger partial charge in [0.25, 0.3) is 0 Å². The molecular formula is C11H22O3. The number of ether oxygens (including phenoxy) is 2. The van der Waals surface area contributed by atoms with Crippen molar-refractivity contribution in [3.63, 3.8) is 0 Å². The highest BCUT2D eigenvalue weighted by Crippen LogP contribution is 2.16. The molecule has 0 spiro atoms. The highest BCUT2D eigenvalue weighted by Gasteiger charge is 2.21. The fraction of sp³-hybridized carbons (Fsp3) is 0.909. The Balaban J connectivity index is 3.95. The van der Waals surface area contributed by atoms with Crippen molar-refractivity contribution in [1.82, 2.24) is 0 Å². The van der Waals surface area contributed by atoms with Gasteiger partial charge in [-0.25, -0.2) is 0 Å². The summed E-state index contributed by atoms with van der Waals surface area (Å²) in [5.74, 6) is 0.167. The summed E-state index contributed by atoms with van der Waals surface area (Å²) >= 11 is 0. The molecule has 0 heterocycles. The molecule has 0 aliphatic rings. The van der Waals surface area contributed by atoms with Gasteiger partial charge < -0.3 is 9.47 Å². The number of carbonyl (C=O) groups excluding carboxylic acids is 1. The highest BCUT2D eigenvalue weighted by atomic mass is 16.5. The third-order valence-electron chi connectivity index (χ3n) is 2.54. The molecule has 14 heavy (non-hydrogen) atoms. The standard InChI is InChI=1S/C11H22O3/c1-6-10(13-4)9(12)7-8-11(2,3)14-5/h10H,6-8H2,1-5H3. The molecule has 0 radical (unpaired) electrons. The molecule has 3 nitrogen and oxygen atoms in total. The molecule has 0 N–H and O–H groups in total. The predicted molar refractivity (Wildman–Crippen MR) is 56.4 cm³/mol. The Bertz CT molecular complexity index is 171. The van der Waals surface area contributed by atoms with Crippen LogP contribution in [0.2, 0.25) is 0 Å². The molecule has 0 saturated carbocycles. The molecule has 0 aromatic rings. The van der Waals surface area contributed by atoms with E-state index >= 15 is 0 Å². The third-order valence-corrected chi connectivity index (χ3v) is 2.54. The van der Waals surface area contributed by atoms with E-state index in [9.17, 15) is 4.79 Å². The van der Waals surface area contributed by atoms with Crippen LogP contribution in [0.4, 0.5) is 0 Å². The summed E-state index contributed by atoms with van der Waals surface area (Å²) in [6, 6.07) is 0. The molecule has 3 heteroatoms. The van der Waals surface area contributed by atoms with Gasteiger partial charge in [0, 0.05) is 20.6 Å². The van der Waals surface area contributed by atoms with E-state index in [2.05, 4.69) is 0 Å². The van der Waals surface area contributed by atoms with Gasteiger partial charge >= 0.3 is 0 Å². The van der Waals surface area contributed by atoms with Crippen LogP contribution in [0.15, 0.2) is 0 Å². The SMILES string of the molecule is CCC(OC)C(=O)CCC(C)(C)OC. The van der Waals surface area contributed by atoms with Gasteiger partial charge in [-0.2, -0.15) is 0 Å². The van der Waals surface area contributed by atoms with Crippen molar-refractivity contribution in [3.05, 3.63) is 0 Å². The van der Waals surface area contributed by atoms with Crippen molar-refractivity contribution in [1.29, 1.82) is 0 Å². The summed E-state index contributed by atoms with van der Waals surface area (Å²) in [7, 11) is 3.24. The van der Waals surface area contributed by atoms with E-state index in [0.717, 1.165) is 12.8 Å². The molecule has 1 unspecified atom stereocenters. The molecule has 0 aliphatic carbocycles. The third kappa shape index (κ3) is 4.72. The van der Waals surface area contributed by atoms with Crippen molar-refractivity contribution >= 4 is 5.78 Å². The summed E-state index contributed by atoms with van der Waals surface area (Å²) in [6.45, 7) is 5.91. The van der Waals surface area contributed by atoms with E-state index in [1.165, 1.54) is 0 Å². The monoisotopic (exact) mass is 202 g/mol. The quantitative estimate of drug-likeness (QED) is 0.635. The highest BCUT2D eigenvalue weighted by molar-refractivity contribution is 5.83. The van der Waals surface area contributed by atoms with Gasteiger partial charge in [0.1, 0.15) is 6.10 Å². The smallest absolute Gasteiger partial charge is 0.161 e. The molecule has 0 saturated heterocycles. The number of ketones is 1. The molecule has 0 aromatic heterocycles. The van der Waals surface area contributed by atoms with Crippen LogP contribution < -0.4 is 0 Å². The lowest BCUT2D eigenvalue weighted by molar-refractivity contribution is -0.130. The first kappa shape index (κ1) is 13.6. The van der Waals surface area contributed by atoms with Crippen molar-refractivity contribution in [3.8, 4) is 0 Å². The van der Waals surface area contributed by atoms with Gasteiger partial charge in [0.15, 0.2) is 5.78 Å². The molecule has 1 atom stereocenters. The van der Waals surface area contributed by atoms with E-state index in [1.54, 1.807) is 14.2 Å². The molecule has 0 aliphatic heterocycles. The number of hydrogen-bond donors (Lipinski definition) is 0. The lowest BCUT2D eigenvalue weighted by atomic mass is 9.98.